The van der Waals surface area contributed by atoms with E-state index in [0.29, 0.717) is 6.07 Å². The lowest BCUT2D eigenvalue weighted by molar-refractivity contribution is -0.137. The van der Waals surface area contributed by atoms with Gasteiger partial charge in [0.1, 0.15) is 12.4 Å². The molecule has 1 N–H and O–H groups in total. The molecule has 21 heavy (non-hydrogen) atoms. The van der Waals surface area contributed by atoms with Gasteiger partial charge in [0.25, 0.3) is 5.91 Å². The van der Waals surface area contributed by atoms with Gasteiger partial charge in [-0.2, -0.15) is 18.4 Å². The monoisotopic (exact) mass is 292 g/mol. The van der Waals surface area contributed by atoms with Gasteiger partial charge in [-0.05, 0) is 18.2 Å². The molecule has 1 aromatic heterocycles. The summed E-state index contributed by atoms with van der Waals surface area (Å²) in [6, 6.07) is 4.12. The standard InChI is InChI=1S/C13H7F3N4O/c14-13(15,16)10-1-2-11(8(3-10)4-17)20-12(21)9-5-18-7-19-6-9/h1-3,5-7H,(H,20,21). The summed E-state index contributed by atoms with van der Waals surface area (Å²) in [4.78, 5) is 19.1. The van der Waals surface area contributed by atoms with E-state index in [9.17, 15) is 18.0 Å². The van der Waals surface area contributed by atoms with Crippen molar-refractivity contribution in [3.63, 3.8) is 0 Å². The van der Waals surface area contributed by atoms with Crippen LogP contribution in [0.4, 0.5) is 18.9 Å². The van der Waals surface area contributed by atoms with E-state index in [-0.39, 0.29) is 16.8 Å². The molecule has 0 bridgehead atoms. The zero-order chi connectivity index (χ0) is 15.5. The van der Waals surface area contributed by atoms with Gasteiger partial charge in [-0.1, -0.05) is 0 Å². The van der Waals surface area contributed by atoms with Crippen LogP contribution in [0.15, 0.2) is 36.9 Å². The normalized spacial score (nSPS) is 10.8. The van der Waals surface area contributed by atoms with E-state index in [2.05, 4.69) is 15.3 Å². The van der Waals surface area contributed by atoms with Crippen molar-refractivity contribution < 1.29 is 18.0 Å². The number of alkyl halides is 3. The van der Waals surface area contributed by atoms with Crippen molar-refractivity contribution in [3.05, 3.63) is 53.6 Å². The maximum absolute atomic E-state index is 12.6. The molecular formula is C13H7F3N4O. The Morgan fingerprint density at radius 1 is 1.24 bits per heavy atom. The van der Waals surface area contributed by atoms with E-state index in [1.165, 1.54) is 18.7 Å². The largest absolute Gasteiger partial charge is 0.416 e. The van der Waals surface area contributed by atoms with Gasteiger partial charge in [0, 0.05) is 12.4 Å². The third-order valence-electron chi connectivity index (χ3n) is 2.54. The maximum Gasteiger partial charge on any atom is 0.416 e. The average Bonchev–Trinajstić information content (AvgIpc) is 2.47. The van der Waals surface area contributed by atoms with E-state index < -0.39 is 17.6 Å². The summed E-state index contributed by atoms with van der Waals surface area (Å²) >= 11 is 0. The number of aromatic nitrogens is 2. The fraction of sp³-hybridized carbons (Fsp3) is 0.0769. The zero-order valence-electron chi connectivity index (χ0n) is 10.3. The molecule has 106 valence electrons. The predicted octanol–water partition coefficient (Wildman–Crippen LogP) is 2.62. The van der Waals surface area contributed by atoms with Crippen molar-refractivity contribution in [1.82, 2.24) is 9.97 Å². The molecular weight excluding hydrogens is 285 g/mol. The lowest BCUT2D eigenvalue weighted by atomic mass is 10.1. The summed E-state index contributed by atoms with van der Waals surface area (Å²) < 4.78 is 37.7. The van der Waals surface area contributed by atoms with Crippen molar-refractivity contribution >= 4 is 11.6 Å². The van der Waals surface area contributed by atoms with Crippen LogP contribution < -0.4 is 5.32 Å². The predicted molar refractivity (Wildman–Crippen MR) is 66.1 cm³/mol. The maximum atomic E-state index is 12.6. The van der Waals surface area contributed by atoms with Gasteiger partial charge in [-0.15, -0.1) is 0 Å². The number of nitriles is 1. The Labute approximate surface area is 117 Å². The van der Waals surface area contributed by atoms with Gasteiger partial charge < -0.3 is 5.32 Å². The number of hydrogen-bond acceptors (Lipinski definition) is 4. The number of carbonyl (C=O) groups is 1. The van der Waals surface area contributed by atoms with E-state index in [1.54, 1.807) is 6.07 Å². The van der Waals surface area contributed by atoms with Gasteiger partial charge in [-0.25, -0.2) is 9.97 Å². The molecule has 0 spiro atoms. The first kappa shape index (κ1) is 14.5. The molecule has 8 heteroatoms. The van der Waals surface area contributed by atoms with Gasteiger partial charge in [0.05, 0.1) is 22.4 Å². The lowest BCUT2D eigenvalue weighted by Crippen LogP contribution is -2.14. The SMILES string of the molecule is N#Cc1cc(C(F)(F)F)ccc1NC(=O)c1cncnc1. The van der Waals surface area contributed by atoms with Crippen LogP contribution in [0.3, 0.4) is 0 Å². The summed E-state index contributed by atoms with van der Waals surface area (Å²) in [6.07, 6.45) is -0.825. The number of benzene rings is 1. The molecule has 0 radical (unpaired) electrons. The second-order valence-corrected chi connectivity index (χ2v) is 3.95. The van der Waals surface area contributed by atoms with Crippen LogP contribution in [-0.2, 0) is 6.18 Å². The van der Waals surface area contributed by atoms with Crippen molar-refractivity contribution in [2.24, 2.45) is 0 Å². The van der Waals surface area contributed by atoms with Crippen LogP contribution in [-0.4, -0.2) is 15.9 Å². The highest BCUT2D eigenvalue weighted by Crippen LogP contribution is 2.31. The molecule has 0 fully saturated rings. The first-order valence-corrected chi connectivity index (χ1v) is 5.59. The number of carbonyl (C=O) groups excluding carboxylic acids is 1. The lowest BCUT2D eigenvalue weighted by Gasteiger charge is -2.10. The Morgan fingerprint density at radius 2 is 1.90 bits per heavy atom. The molecule has 2 rings (SSSR count). The molecule has 1 heterocycles. The minimum Gasteiger partial charge on any atom is -0.321 e. The molecule has 5 nitrogen and oxygen atoms in total. The molecule has 0 saturated heterocycles. The highest BCUT2D eigenvalue weighted by molar-refractivity contribution is 6.04. The summed E-state index contributed by atoms with van der Waals surface area (Å²) in [7, 11) is 0. The summed E-state index contributed by atoms with van der Waals surface area (Å²) in [5.41, 5.74) is -1.13. The van der Waals surface area contributed by atoms with Crippen LogP contribution in [0.1, 0.15) is 21.5 Å². The number of hydrogen-bond donors (Lipinski definition) is 1. The molecule has 2 aromatic rings. The first-order valence-electron chi connectivity index (χ1n) is 5.59. The third kappa shape index (κ3) is 3.33. The molecule has 0 aliphatic carbocycles. The second kappa shape index (κ2) is 5.58. The molecule has 0 aliphatic rings. The van der Waals surface area contributed by atoms with Crippen LogP contribution in [0.25, 0.3) is 0 Å². The van der Waals surface area contributed by atoms with Gasteiger partial charge in [-0.3, -0.25) is 4.79 Å². The topological polar surface area (TPSA) is 78.7 Å². The van der Waals surface area contributed by atoms with Crippen LogP contribution in [0, 0.1) is 11.3 Å². The third-order valence-corrected chi connectivity index (χ3v) is 2.54. The number of halogens is 3. The Morgan fingerprint density at radius 3 is 2.48 bits per heavy atom. The fourth-order valence-electron chi connectivity index (χ4n) is 1.53. The molecule has 1 aromatic carbocycles. The minimum absolute atomic E-state index is 0.0145. The highest BCUT2D eigenvalue weighted by atomic mass is 19.4. The molecule has 1 amide bonds. The Balaban J connectivity index is 2.29. The van der Waals surface area contributed by atoms with Crippen LogP contribution in [0.2, 0.25) is 0 Å². The molecule has 0 aliphatic heterocycles. The minimum atomic E-state index is -4.55. The molecule has 0 saturated carbocycles. The van der Waals surface area contributed by atoms with E-state index in [4.69, 9.17) is 5.26 Å². The van der Waals surface area contributed by atoms with Crippen molar-refractivity contribution in [1.29, 1.82) is 5.26 Å². The smallest absolute Gasteiger partial charge is 0.321 e. The number of nitrogens with one attached hydrogen (secondary N) is 1. The number of anilines is 1. The number of nitrogens with zero attached hydrogens (tertiary/aromatic N) is 3. The number of amides is 1. The molecule has 0 unspecified atom stereocenters. The average molecular weight is 292 g/mol. The fourth-order valence-corrected chi connectivity index (χ4v) is 1.53. The highest BCUT2D eigenvalue weighted by Gasteiger charge is 2.31. The second-order valence-electron chi connectivity index (χ2n) is 3.95. The quantitative estimate of drug-likeness (QED) is 0.922. The van der Waals surface area contributed by atoms with Crippen molar-refractivity contribution in [2.75, 3.05) is 5.32 Å². The summed E-state index contributed by atoms with van der Waals surface area (Å²) in [5.74, 6) is -0.619. The van der Waals surface area contributed by atoms with Crippen molar-refractivity contribution in [2.45, 2.75) is 6.18 Å². The van der Waals surface area contributed by atoms with Crippen LogP contribution in [0.5, 0.6) is 0 Å². The van der Waals surface area contributed by atoms with Gasteiger partial charge in [0.2, 0.25) is 0 Å². The zero-order valence-corrected chi connectivity index (χ0v) is 10.3. The van der Waals surface area contributed by atoms with Gasteiger partial charge in [0.15, 0.2) is 0 Å². The first-order chi connectivity index (χ1) is 9.91. The number of rotatable bonds is 2. The Kier molecular flexibility index (Phi) is 3.84. The van der Waals surface area contributed by atoms with E-state index >= 15 is 0 Å². The van der Waals surface area contributed by atoms with Gasteiger partial charge >= 0.3 is 6.18 Å². The Hall–Kier alpha value is -2.95. The Bertz CT molecular complexity index is 708. The molecule has 0 atom stereocenters. The van der Waals surface area contributed by atoms with Crippen LogP contribution >= 0.6 is 0 Å². The van der Waals surface area contributed by atoms with Crippen molar-refractivity contribution in [3.8, 4) is 6.07 Å². The summed E-state index contributed by atoms with van der Waals surface area (Å²) in [6.45, 7) is 0. The summed E-state index contributed by atoms with van der Waals surface area (Å²) in [5, 5.41) is 11.2. The van der Waals surface area contributed by atoms with E-state index in [0.717, 1.165) is 12.1 Å². The van der Waals surface area contributed by atoms with E-state index in [1.807, 2.05) is 0 Å².